The Balaban J connectivity index is 1.96. The van der Waals surface area contributed by atoms with Crippen molar-refractivity contribution in [2.24, 2.45) is 0 Å². The molecule has 1 aliphatic heterocycles. The van der Waals surface area contributed by atoms with Crippen LogP contribution in [0, 0.1) is 0 Å². The van der Waals surface area contributed by atoms with Crippen LogP contribution in [-0.2, 0) is 4.74 Å². The van der Waals surface area contributed by atoms with Gasteiger partial charge in [-0.3, -0.25) is 0 Å². The fourth-order valence-corrected chi connectivity index (χ4v) is 1.30. The smallest absolute Gasteiger partial charge is 0.110 e. The second-order valence-corrected chi connectivity index (χ2v) is 3.71. The van der Waals surface area contributed by atoms with Crippen LogP contribution in [0.25, 0.3) is 0 Å². The molecule has 0 aliphatic carbocycles. The van der Waals surface area contributed by atoms with E-state index < -0.39 is 0 Å². The summed E-state index contributed by atoms with van der Waals surface area (Å²) >= 11 is 0. The first-order chi connectivity index (χ1) is 6.29. The van der Waals surface area contributed by atoms with Crippen molar-refractivity contribution in [3.63, 3.8) is 0 Å². The van der Waals surface area contributed by atoms with Crippen LogP contribution in [0.15, 0.2) is 12.3 Å². The Morgan fingerprint density at radius 1 is 1.54 bits per heavy atom. The molecule has 1 N–H and O–H groups in total. The Hall–Kier alpha value is -0.540. The Morgan fingerprint density at radius 2 is 2.38 bits per heavy atom. The molecule has 1 rings (SSSR count). The van der Waals surface area contributed by atoms with Crippen LogP contribution in [0.4, 0.5) is 0 Å². The maximum absolute atomic E-state index is 5.43. The standard InChI is InChI=1S/C10H20N2O/c1-12(2)7-6-11-9-10-5-3-4-8-13-10/h4,8,10-11H,3,5-7,9H2,1-2H3. The second kappa shape index (κ2) is 6.00. The molecule has 1 heterocycles. The van der Waals surface area contributed by atoms with Gasteiger partial charge in [0.2, 0.25) is 0 Å². The van der Waals surface area contributed by atoms with Crippen molar-refractivity contribution < 1.29 is 4.74 Å². The van der Waals surface area contributed by atoms with Crippen LogP contribution in [0.2, 0.25) is 0 Å². The number of likely N-dealkylation sites (N-methyl/N-ethyl adjacent to an activating group) is 1. The minimum Gasteiger partial charge on any atom is -0.497 e. The van der Waals surface area contributed by atoms with E-state index in [1.807, 2.05) is 6.26 Å². The summed E-state index contributed by atoms with van der Waals surface area (Å²) in [6, 6.07) is 0. The zero-order valence-corrected chi connectivity index (χ0v) is 8.62. The second-order valence-electron chi connectivity index (χ2n) is 3.71. The molecule has 1 aliphatic rings. The van der Waals surface area contributed by atoms with Crippen molar-refractivity contribution in [1.82, 2.24) is 10.2 Å². The minimum absolute atomic E-state index is 0.382. The molecule has 0 saturated carbocycles. The molecule has 76 valence electrons. The van der Waals surface area contributed by atoms with Crippen molar-refractivity contribution >= 4 is 0 Å². The first-order valence-electron chi connectivity index (χ1n) is 4.95. The van der Waals surface area contributed by atoms with E-state index >= 15 is 0 Å². The van der Waals surface area contributed by atoms with Crippen LogP contribution < -0.4 is 5.32 Å². The van der Waals surface area contributed by atoms with Crippen molar-refractivity contribution in [3.05, 3.63) is 12.3 Å². The van der Waals surface area contributed by atoms with Crippen LogP contribution in [0.5, 0.6) is 0 Å². The predicted octanol–water partition coefficient (Wildman–Crippen LogP) is 0.830. The van der Waals surface area contributed by atoms with Gasteiger partial charge in [0.15, 0.2) is 0 Å². The molecule has 3 heteroatoms. The molecule has 13 heavy (non-hydrogen) atoms. The monoisotopic (exact) mass is 184 g/mol. The van der Waals surface area contributed by atoms with Crippen LogP contribution in [0.3, 0.4) is 0 Å². The molecule has 0 saturated heterocycles. The number of hydrogen-bond acceptors (Lipinski definition) is 3. The van der Waals surface area contributed by atoms with Gasteiger partial charge in [0.1, 0.15) is 6.10 Å². The maximum Gasteiger partial charge on any atom is 0.110 e. The number of nitrogens with one attached hydrogen (secondary N) is 1. The zero-order valence-electron chi connectivity index (χ0n) is 8.62. The number of hydrogen-bond donors (Lipinski definition) is 1. The van der Waals surface area contributed by atoms with E-state index in [2.05, 4.69) is 30.4 Å². The van der Waals surface area contributed by atoms with Crippen LogP contribution in [0.1, 0.15) is 12.8 Å². The van der Waals surface area contributed by atoms with Crippen LogP contribution in [-0.4, -0.2) is 44.7 Å². The Kier molecular flexibility index (Phi) is 4.86. The lowest BCUT2D eigenvalue weighted by Gasteiger charge is -2.20. The molecule has 1 atom stereocenters. The van der Waals surface area contributed by atoms with E-state index in [0.717, 1.165) is 32.5 Å². The summed E-state index contributed by atoms with van der Waals surface area (Å²) in [7, 11) is 4.17. The zero-order chi connectivity index (χ0) is 9.52. The number of rotatable bonds is 5. The van der Waals surface area contributed by atoms with Crippen LogP contribution >= 0.6 is 0 Å². The van der Waals surface area contributed by atoms with Gasteiger partial charge in [-0.05, 0) is 33.0 Å². The van der Waals surface area contributed by atoms with Crippen molar-refractivity contribution in [1.29, 1.82) is 0 Å². The van der Waals surface area contributed by atoms with Crippen molar-refractivity contribution in [2.45, 2.75) is 18.9 Å². The van der Waals surface area contributed by atoms with Gasteiger partial charge < -0.3 is 15.0 Å². The Morgan fingerprint density at radius 3 is 3.00 bits per heavy atom. The molecule has 0 radical (unpaired) electrons. The van der Waals surface area contributed by atoms with E-state index in [0.29, 0.717) is 6.10 Å². The molecule has 0 aromatic rings. The predicted molar refractivity (Wildman–Crippen MR) is 54.7 cm³/mol. The van der Waals surface area contributed by atoms with E-state index in [4.69, 9.17) is 4.74 Å². The summed E-state index contributed by atoms with van der Waals surface area (Å²) in [6.07, 6.45) is 6.58. The van der Waals surface area contributed by atoms with E-state index in [1.165, 1.54) is 0 Å². The summed E-state index contributed by atoms with van der Waals surface area (Å²) < 4.78 is 5.43. The van der Waals surface area contributed by atoms with E-state index in [1.54, 1.807) is 0 Å². The molecule has 3 nitrogen and oxygen atoms in total. The largest absolute Gasteiger partial charge is 0.497 e. The first kappa shape index (κ1) is 10.5. The van der Waals surface area contributed by atoms with Gasteiger partial charge in [0.05, 0.1) is 6.26 Å². The summed E-state index contributed by atoms with van der Waals surface area (Å²) in [5, 5.41) is 3.39. The summed E-state index contributed by atoms with van der Waals surface area (Å²) in [5.74, 6) is 0. The fraction of sp³-hybridized carbons (Fsp3) is 0.800. The third-order valence-electron chi connectivity index (χ3n) is 2.13. The van der Waals surface area contributed by atoms with E-state index in [-0.39, 0.29) is 0 Å². The third-order valence-corrected chi connectivity index (χ3v) is 2.13. The normalized spacial score (nSPS) is 21.9. The third kappa shape index (κ3) is 4.90. The fourth-order valence-electron chi connectivity index (χ4n) is 1.30. The highest BCUT2D eigenvalue weighted by atomic mass is 16.5. The molecule has 0 aromatic heterocycles. The van der Waals surface area contributed by atoms with Crippen molar-refractivity contribution in [2.75, 3.05) is 33.7 Å². The molecule has 0 fully saturated rings. The van der Waals surface area contributed by atoms with Gasteiger partial charge in [-0.2, -0.15) is 0 Å². The van der Waals surface area contributed by atoms with Gasteiger partial charge in [-0.1, -0.05) is 0 Å². The molecular weight excluding hydrogens is 164 g/mol. The lowest BCUT2D eigenvalue weighted by Crippen LogP contribution is -2.33. The van der Waals surface area contributed by atoms with Crippen molar-refractivity contribution in [3.8, 4) is 0 Å². The summed E-state index contributed by atoms with van der Waals surface area (Å²) in [5.41, 5.74) is 0. The first-order valence-corrected chi connectivity index (χ1v) is 4.95. The lowest BCUT2D eigenvalue weighted by molar-refractivity contribution is 0.122. The average Bonchev–Trinajstić information content (AvgIpc) is 2.14. The molecule has 0 bridgehead atoms. The minimum atomic E-state index is 0.382. The highest BCUT2D eigenvalue weighted by molar-refractivity contribution is 4.82. The molecule has 1 unspecified atom stereocenters. The SMILES string of the molecule is CN(C)CCNCC1CCC=CO1. The summed E-state index contributed by atoms with van der Waals surface area (Å²) in [4.78, 5) is 2.18. The Bertz CT molecular complexity index is 157. The Labute approximate surface area is 80.8 Å². The van der Waals surface area contributed by atoms with Gasteiger partial charge in [0.25, 0.3) is 0 Å². The molecular formula is C10H20N2O. The van der Waals surface area contributed by atoms with Gasteiger partial charge in [-0.25, -0.2) is 0 Å². The lowest BCUT2D eigenvalue weighted by atomic mass is 10.1. The average molecular weight is 184 g/mol. The molecule has 0 spiro atoms. The number of allylic oxidation sites excluding steroid dienone is 1. The summed E-state index contributed by atoms with van der Waals surface area (Å²) in [6.45, 7) is 3.09. The highest BCUT2D eigenvalue weighted by Crippen LogP contribution is 2.08. The molecule has 0 aromatic carbocycles. The quantitative estimate of drug-likeness (QED) is 0.641. The topological polar surface area (TPSA) is 24.5 Å². The highest BCUT2D eigenvalue weighted by Gasteiger charge is 2.09. The maximum atomic E-state index is 5.43. The molecule has 0 amide bonds. The number of ether oxygens (including phenoxy) is 1. The van der Waals surface area contributed by atoms with Gasteiger partial charge in [-0.15, -0.1) is 0 Å². The van der Waals surface area contributed by atoms with E-state index in [9.17, 15) is 0 Å². The van der Waals surface area contributed by atoms with Gasteiger partial charge in [0, 0.05) is 19.6 Å². The van der Waals surface area contributed by atoms with Gasteiger partial charge >= 0.3 is 0 Å². The number of nitrogens with zero attached hydrogens (tertiary/aromatic N) is 1.